The van der Waals surface area contributed by atoms with Gasteiger partial charge in [0.1, 0.15) is 0 Å². The molecule has 3 nitrogen and oxygen atoms in total. The number of hydrogen-bond donors (Lipinski definition) is 2. The number of para-hydroxylation sites is 1. The molecule has 120 valence electrons. The van der Waals surface area contributed by atoms with Gasteiger partial charge in [0.05, 0.1) is 5.56 Å². The third-order valence-corrected chi connectivity index (χ3v) is 6.62. The highest BCUT2D eigenvalue weighted by molar-refractivity contribution is 6.06. The fraction of sp³-hybridized carbons (Fsp3) is 0.550. The van der Waals surface area contributed by atoms with E-state index >= 15 is 0 Å². The summed E-state index contributed by atoms with van der Waals surface area (Å²) in [7, 11) is 0. The minimum Gasteiger partial charge on any atom is -0.360 e. The number of carbonyl (C=O) groups is 1. The zero-order valence-corrected chi connectivity index (χ0v) is 13.5. The second-order valence-corrected chi connectivity index (χ2v) is 8.35. The summed E-state index contributed by atoms with van der Waals surface area (Å²) in [5.41, 5.74) is 2.22. The predicted octanol–water partition coefficient (Wildman–Crippen LogP) is 4.11. The Hall–Kier alpha value is -1.77. The lowest BCUT2D eigenvalue weighted by molar-refractivity contribution is -0.0503. The molecule has 0 spiro atoms. The molecule has 1 aromatic heterocycles. The maximum atomic E-state index is 12.7. The van der Waals surface area contributed by atoms with Crippen molar-refractivity contribution in [3.63, 3.8) is 0 Å². The number of benzene rings is 1. The Morgan fingerprint density at radius 3 is 2.43 bits per heavy atom. The van der Waals surface area contributed by atoms with Crippen molar-refractivity contribution in [3.8, 4) is 0 Å². The fourth-order valence-corrected chi connectivity index (χ4v) is 6.13. The van der Waals surface area contributed by atoms with Crippen molar-refractivity contribution in [2.24, 2.45) is 23.2 Å². The quantitative estimate of drug-likeness (QED) is 0.880. The molecule has 4 bridgehead atoms. The molecule has 0 atom stereocenters. The van der Waals surface area contributed by atoms with Crippen LogP contribution in [-0.4, -0.2) is 17.4 Å². The first-order chi connectivity index (χ1) is 11.2. The van der Waals surface area contributed by atoms with Crippen molar-refractivity contribution in [3.05, 3.63) is 36.0 Å². The molecular formula is C20H24N2O. The molecular weight excluding hydrogens is 284 g/mol. The van der Waals surface area contributed by atoms with Gasteiger partial charge in [-0.2, -0.15) is 0 Å². The summed E-state index contributed by atoms with van der Waals surface area (Å²) in [5.74, 6) is 2.89. The smallest absolute Gasteiger partial charge is 0.253 e. The number of nitrogens with one attached hydrogen (secondary N) is 2. The van der Waals surface area contributed by atoms with E-state index in [1.54, 1.807) is 0 Å². The second-order valence-electron chi connectivity index (χ2n) is 8.35. The van der Waals surface area contributed by atoms with Gasteiger partial charge in [-0.15, -0.1) is 0 Å². The van der Waals surface area contributed by atoms with Gasteiger partial charge in [-0.05, 0) is 67.8 Å². The van der Waals surface area contributed by atoms with Crippen molar-refractivity contribution in [2.45, 2.75) is 38.5 Å². The van der Waals surface area contributed by atoms with Crippen molar-refractivity contribution < 1.29 is 4.79 Å². The van der Waals surface area contributed by atoms with Gasteiger partial charge in [-0.3, -0.25) is 4.79 Å². The Balaban J connectivity index is 1.33. The molecule has 2 N–H and O–H groups in total. The van der Waals surface area contributed by atoms with Crippen molar-refractivity contribution >= 4 is 16.8 Å². The Bertz CT molecular complexity index is 725. The van der Waals surface area contributed by atoms with Gasteiger partial charge in [0.25, 0.3) is 5.91 Å². The largest absolute Gasteiger partial charge is 0.360 e. The molecule has 1 amide bonds. The predicted molar refractivity (Wildman–Crippen MR) is 91.2 cm³/mol. The van der Waals surface area contributed by atoms with Crippen molar-refractivity contribution in [2.75, 3.05) is 6.54 Å². The van der Waals surface area contributed by atoms with E-state index in [0.29, 0.717) is 5.41 Å². The summed E-state index contributed by atoms with van der Waals surface area (Å²) in [5, 5.41) is 4.30. The van der Waals surface area contributed by atoms with E-state index < -0.39 is 0 Å². The Labute approximate surface area is 136 Å². The number of amides is 1. The van der Waals surface area contributed by atoms with Crippen LogP contribution >= 0.6 is 0 Å². The monoisotopic (exact) mass is 308 g/mol. The molecule has 0 unspecified atom stereocenters. The van der Waals surface area contributed by atoms with Crippen LogP contribution in [0.5, 0.6) is 0 Å². The summed E-state index contributed by atoms with van der Waals surface area (Å²) in [6, 6.07) is 8.03. The van der Waals surface area contributed by atoms with E-state index in [1.807, 2.05) is 30.5 Å². The lowest BCUT2D eigenvalue weighted by Gasteiger charge is -2.56. The third kappa shape index (κ3) is 2.20. The normalized spacial score (nSPS) is 34.9. The molecule has 3 heteroatoms. The number of carbonyl (C=O) groups excluding carboxylic acids is 1. The summed E-state index contributed by atoms with van der Waals surface area (Å²) in [6.07, 6.45) is 10.2. The van der Waals surface area contributed by atoms with Gasteiger partial charge in [0.15, 0.2) is 0 Å². The fourth-order valence-electron chi connectivity index (χ4n) is 6.13. The van der Waals surface area contributed by atoms with Crippen LogP contribution in [0, 0.1) is 23.2 Å². The third-order valence-electron chi connectivity index (χ3n) is 6.62. The van der Waals surface area contributed by atoms with E-state index in [2.05, 4.69) is 10.3 Å². The standard InChI is InChI=1S/C20H24N2O/c23-19(17-11-21-18-4-2-1-3-16(17)18)22-12-20-8-13-5-14(9-20)7-15(6-13)10-20/h1-4,11,13-15,21H,5-10,12H2,(H,22,23). The molecule has 0 radical (unpaired) electrons. The van der Waals surface area contributed by atoms with Gasteiger partial charge in [-0.25, -0.2) is 0 Å². The van der Waals surface area contributed by atoms with Crippen LogP contribution in [0.1, 0.15) is 48.9 Å². The highest BCUT2D eigenvalue weighted by atomic mass is 16.1. The van der Waals surface area contributed by atoms with Gasteiger partial charge >= 0.3 is 0 Å². The van der Waals surface area contributed by atoms with Gasteiger partial charge in [0.2, 0.25) is 0 Å². The molecule has 1 aromatic carbocycles. The Morgan fingerprint density at radius 1 is 1.09 bits per heavy atom. The summed E-state index contributed by atoms with van der Waals surface area (Å²) >= 11 is 0. The second kappa shape index (κ2) is 4.86. The van der Waals surface area contributed by atoms with Crippen LogP contribution in [0.25, 0.3) is 10.9 Å². The maximum Gasteiger partial charge on any atom is 0.253 e. The molecule has 0 saturated heterocycles. The highest BCUT2D eigenvalue weighted by Crippen LogP contribution is 2.59. The summed E-state index contributed by atoms with van der Waals surface area (Å²) in [6.45, 7) is 0.870. The average molecular weight is 308 g/mol. The number of fused-ring (bicyclic) bond motifs is 1. The van der Waals surface area contributed by atoms with Crippen LogP contribution in [0.4, 0.5) is 0 Å². The van der Waals surface area contributed by atoms with E-state index in [4.69, 9.17) is 0 Å². The molecule has 4 aliphatic rings. The SMILES string of the molecule is O=C(NCC12CC3CC(CC(C3)C1)C2)c1c[nH]c2ccccc12. The van der Waals surface area contributed by atoms with Crippen molar-refractivity contribution in [1.82, 2.24) is 10.3 Å². The van der Waals surface area contributed by atoms with Crippen LogP contribution < -0.4 is 5.32 Å². The number of hydrogen-bond acceptors (Lipinski definition) is 1. The molecule has 4 fully saturated rings. The van der Waals surface area contributed by atoms with Crippen molar-refractivity contribution in [1.29, 1.82) is 0 Å². The number of rotatable bonds is 3. The molecule has 1 heterocycles. The highest BCUT2D eigenvalue weighted by Gasteiger charge is 2.50. The molecule has 6 rings (SSSR count). The lowest BCUT2D eigenvalue weighted by Crippen LogP contribution is -2.51. The van der Waals surface area contributed by atoms with E-state index in [1.165, 1.54) is 38.5 Å². The first-order valence-electron chi connectivity index (χ1n) is 9.05. The van der Waals surface area contributed by atoms with E-state index in [0.717, 1.165) is 40.8 Å². The van der Waals surface area contributed by atoms with E-state index in [-0.39, 0.29) is 5.91 Å². The van der Waals surface area contributed by atoms with Crippen LogP contribution in [-0.2, 0) is 0 Å². The molecule has 4 aliphatic carbocycles. The first kappa shape index (κ1) is 13.6. The molecule has 4 saturated carbocycles. The zero-order valence-electron chi connectivity index (χ0n) is 13.5. The minimum absolute atomic E-state index is 0.0817. The average Bonchev–Trinajstić information content (AvgIpc) is 2.95. The zero-order chi connectivity index (χ0) is 15.4. The Kier molecular flexibility index (Phi) is 2.88. The van der Waals surface area contributed by atoms with Gasteiger partial charge < -0.3 is 10.3 Å². The topological polar surface area (TPSA) is 44.9 Å². The van der Waals surface area contributed by atoms with Gasteiger partial charge in [0, 0.05) is 23.6 Å². The maximum absolute atomic E-state index is 12.7. The molecule has 2 aromatic rings. The van der Waals surface area contributed by atoms with Crippen LogP contribution in [0.15, 0.2) is 30.5 Å². The minimum atomic E-state index is 0.0817. The van der Waals surface area contributed by atoms with Crippen LogP contribution in [0.3, 0.4) is 0 Å². The molecule has 23 heavy (non-hydrogen) atoms. The van der Waals surface area contributed by atoms with E-state index in [9.17, 15) is 4.79 Å². The number of aromatic nitrogens is 1. The number of aromatic amines is 1. The summed E-state index contributed by atoms with van der Waals surface area (Å²) in [4.78, 5) is 15.9. The number of H-pyrrole nitrogens is 1. The summed E-state index contributed by atoms with van der Waals surface area (Å²) < 4.78 is 0. The van der Waals surface area contributed by atoms with Crippen LogP contribution in [0.2, 0.25) is 0 Å². The van der Waals surface area contributed by atoms with Gasteiger partial charge in [-0.1, -0.05) is 18.2 Å². The Morgan fingerprint density at radius 2 is 1.74 bits per heavy atom. The first-order valence-corrected chi connectivity index (χ1v) is 9.05. The molecule has 0 aliphatic heterocycles. The lowest BCUT2D eigenvalue weighted by atomic mass is 9.49.